The fourth-order valence-corrected chi connectivity index (χ4v) is 3.04. The molecule has 21 heavy (non-hydrogen) atoms. The Balaban J connectivity index is 1.69. The molecule has 2 N–H and O–H groups in total. The highest BCUT2D eigenvalue weighted by molar-refractivity contribution is 6.04. The molecule has 0 aliphatic heterocycles. The highest BCUT2D eigenvalue weighted by Crippen LogP contribution is 2.38. The summed E-state index contributed by atoms with van der Waals surface area (Å²) >= 11 is 0. The molecule has 2 aliphatic carbocycles. The summed E-state index contributed by atoms with van der Waals surface area (Å²) in [6.07, 6.45) is 5.42. The fourth-order valence-electron chi connectivity index (χ4n) is 3.04. The number of rotatable bonds is 4. The van der Waals surface area contributed by atoms with E-state index in [1.165, 1.54) is 12.8 Å². The minimum atomic E-state index is -0.0818. The van der Waals surface area contributed by atoms with Crippen LogP contribution in [0.4, 0.5) is 5.69 Å². The SMILES string of the molecule is C[C@H]1C[C@H]1C(=O)Nc1ccccc1C(=O)NC1CCCC1. The topological polar surface area (TPSA) is 58.2 Å². The van der Waals surface area contributed by atoms with Gasteiger partial charge in [0.2, 0.25) is 5.91 Å². The third kappa shape index (κ3) is 3.26. The van der Waals surface area contributed by atoms with Crippen LogP contribution in [-0.2, 0) is 4.79 Å². The lowest BCUT2D eigenvalue weighted by Crippen LogP contribution is -2.33. The summed E-state index contributed by atoms with van der Waals surface area (Å²) in [5, 5.41) is 5.98. The van der Waals surface area contributed by atoms with Crippen molar-refractivity contribution in [1.82, 2.24) is 5.32 Å². The maximum atomic E-state index is 12.4. The van der Waals surface area contributed by atoms with Crippen molar-refractivity contribution in [3.8, 4) is 0 Å². The molecule has 4 heteroatoms. The summed E-state index contributed by atoms with van der Waals surface area (Å²) in [6, 6.07) is 7.53. The quantitative estimate of drug-likeness (QED) is 0.894. The van der Waals surface area contributed by atoms with Crippen LogP contribution < -0.4 is 10.6 Å². The molecule has 1 aromatic carbocycles. The number of carbonyl (C=O) groups is 2. The molecule has 0 radical (unpaired) electrons. The van der Waals surface area contributed by atoms with E-state index in [4.69, 9.17) is 0 Å². The lowest BCUT2D eigenvalue weighted by Gasteiger charge is -2.15. The summed E-state index contributed by atoms with van der Waals surface area (Å²) in [5.74, 6) is 0.519. The number of para-hydroxylation sites is 1. The molecular weight excluding hydrogens is 264 g/mol. The standard InChI is InChI=1S/C17H22N2O2/c1-11-10-14(11)17(21)19-15-9-5-4-8-13(15)16(20)18-12-6-2-3-7-12/h4-5,8-9,11-12,14H,2-3,6-7,10H2,1H3,(H,18,20)(H,19,21)/t11-,14+/m0/s1. The predicted molar refractivity (Wildman–Crippen MR) is 82.1 cm³/mol. The average Bonchev–Trinajstić information content (AvgIpc) is 2.98. The van der Waals surface area contributed by atoms with E-state index in [0.29, 0.717) is 17.2 Å². The van der Waals surface area contributed by atoms with Crippen LogP contribution in [0.2, 0.25) is 0 Å². The Kier molecular flexibility index (Phi) is 3.95. The van der Waals surface area contributed by atoms with Gasteiger partial charge in [0.1, 0.15) is 0 Å². The van der Waals surface area contributed by atoms with Crippen LogP contribution in [-0.4, -0.2) is 17.9 Å². The van der Waals surface area contributed by atoms with Crippen molar-refractivity contribution in [2.75, 3.05) is 5.32 Å². The predicted octanol–water partition coefficient (Wildman–Crippen LogP) is 2.95. The fraction of sp³-hybridized carbons (Fsp3) is 0.529. The van der Waals surface area contributed by atoms with Gasteiger partial charge in [-0.15, -0.1) is 0 Å². The van der Waals surface area contributed by atoms with Gasteiger partial charge in [-0.05, 0) is 37.3 Å². The Morgan fingerprint density at radius 3 is 2.48 bits per heavy atom. The summed E-state index contributed by atoms with van der Waals surface area (Å²) in [7, 11) is 0. The molecule has 0 unspecified atom stereocenters. The molecule has 0 bridgehead atoms. The van der Waals surface area contributed by atoms with E-state index in [1.807, 2.05) is 12.1 Å². The largest absolute Gasteiger partial charge is 0.349 e. The third-order valence-electron chi connectivity index (χ3n) is 4.57. The number of carbonyl (C=O) groups excluding carboxylic acids is 2. The van der Waals surface area contributed by atoms with Gasteiger partial charge in [-0.1, -0.05) is 31.9 Å². The van der Waals surface area contributed by atoms with E-state index in [9.17, 15) is 9.59 Å². The first-order chi connectivity index (χ1) is 10.1. The van der Waals surface area contributed by atoms with Crippen LogP contribution in [0.15, 0.2) is 24.3 Å². The van der Waals surface area contributed by atoms with Crippen LogP contribution in [0.25, 0.3) is 0 Å². The second kappa shape index (κ2) is 5.88. The van der Waals surface area contributed by atoms with Gasteiger partial charge in [0, 0.05) is 12.0 Å². The first-order valence-corrected chi connectivity index (χ1v) is 7.86. The number of amides is 2. The Hall–Kier alpha value is -1.84. The maximum absolute atomic E-state index is 12.4. The molecule has 1 aromatic rings. The van der Waals surface area contributed by atoms with Crippen molar-refractivity contribution in [2.24, 2.45) is 11.8 Å². The molecule has 0 aromatic heterocycles. The van der Waals surface area contributed by atoms with E-state index < -0.39 is 0 Å². The Morgan fingerprint density at radius 2 is 1.81 bits per heavy atom. The normalized spacial score (nSPS) is 24.6. The van der Waals surface area contributed by atoms with Crippen LogP contribution in [0.1, 0.15) is 49.4 Å². The van der Waals surface area contributed by atoms with E-state index in [1.54, 1.807) is 12.1 Å². The molecule has 2 fully saturated rings. The molecule has 2 aliphatic rings. The monoisotopic (exact) mass is 286 g/mol. The number of hydrogen-bond donors (Lipinski definition) is 2. The van der Waals surface area contributed by atoms with Crippen LogP contribution in [0, 0.1) is 11.8 Å². The Morgan fingerprint density at radius 1 is 1.14 bits per heavy atom. The molecule has 0 spiro atoms. The van der Waals surface area contributed by atoms with Gasteiger partial charge in [-0.25, -0.2) is 0 Å². The minimum Gasteiger partial charge on any atom is -0.349 e. The third-order valence-corrected chi connectivity index (χ3v) is 4.57. The number of nitrogens with one attached hydrogen (secondary N) is 2. The van der Waals surface area contributed by atoms with E-state index in [2.05, 4.69) is 17.6 Å². The van der Waals surface area contributed by atoms with Gasteiger partial charge >= 0.3 is 0 Å². The van der Waals surface area contributed by atoms with Crippen LogP contribution in [0.3, 0.4) is 0 Å². The summed E-state index contributed by atoms with van der Waals surface area (Å²) in [4.78, 5) is 24.5. The summed E-state index contributed by atoms with van der Waals surface area (Å²) in [6.45, 7) is 2.07. The highest BCUT2D eigenvalue weighted by Gasteiger charge is 2.39. The molecule has 112 valence electrons. The van der Waals surface area contributed by atoms with E-state index >= 15 is 0 Å². The first kappa shape index (κ1) is 14.1. The van der Waals surface area contributed by atoms with Crippen molar-refractivity contribution >= 4 is 17.5 Å². The molecule has 3 rings (SSSR count). The molecule has 2 atom stereocenters. The van der Waals surface area contributed by atoms with Crippen LogP contribution in [0.5, 0.6) is 0 Å². The second-order valence-corrected chi connectivity index (χ2v) is 6.31. The number of anilines is 1. The van der Waals surface area contributed by atoms with Gasteiger partial charge in [0.15, 0.2) is 0 Å². The van der Waals surface area contributed by atoms with E-state index in [0.717, 1.165) is 19.3 Å². The smallest absolute Gasteiger partial charge is 0.253 e. The van der Waals surface area contributed by atoms with Crippen molar-refractivity contribution in [1.29, 1.82) is 0 Å². The van der Waals surface area contributed by atoms with Crippen LogP contribution >= 0.6 is 0 Å². The van der Waals surface area contributed by atoms with Crippen molar-refractivity contribution in [2.45, 2.75) is 45.1 Å². The first-order valence-electron chi connectivity index (χ1n) is 7.86. The second-order valence-electron chi connectivity index (χ2n) is 6.31. The zero-order valence-electron chi connectivity index (χ0n) is 12.4. The zero-order valence-corrected chi connectivity index (χ0v) is 12.4. The summed E-state index contributed by atoms with van der Waals surface area (Å²) < 4.78 is 0. The Labute approximate surface area is 125 Å². The summed E-state index contributed by atoms with van der Waals surface area (Å²) in [5.41, 5.74) is 1.18. The van der Waals surface area contributed by atoms with Crippen molar-refractivity contribution in [3.63, 3.8) is 0 Å². The maximum Gasteiger partial charge on any atom is 0.253 e. The number of hydrogen-bond acceptors (Lipinski definition) is 2. The van der Waals surface area contributed by atoms with Gasteiger partial charge in [0.05, 0.1) is 11.3 Å². The van der Waals surface area contributed by atoms with Gasteiger partial charge < -0.3 is 10.6 Å². The minimum absolute atomic E-state index is 0.0311. The average molecular weight is 286 g/mol. The zero-order chi connectivity index (χ0) is 14.8. The molecule has 2 saturated carbocycles. The van der Waals surface area contributed by atoms with Gasteiger partial charge in [0.25, 0.3) is 5.91 Å². The van der Waals surface area contributed by atoms with Gasteiger partial charge in [-0.2, -0.15) is 0 Å². The molecule has 4 nitrogen and oxygen atoms in total. The van der Waals surface area contributed by atoms with Crippen molar-refractivity contribution in [3.05, 3.63) is 29.8 Å². The Bertz CT molecular complexity index is 549. The lowest BCUT2D eigenvalue weighted by atomic mass is 10.1. The van der Waals surface area contributed by atoms with Gasteiger partial charge in [-0.3, -0.25) is 9.59 Å². The molecule has 0 saturated heterocycles. The lowest BCUT2D eigenvalue weighted by molar-refractivity contribution is -0.117. The number of benzene rings is 1. The molecule has 2 amide bonds. The van der Waals surface area contributed by atoms with E-state index in [-0.39, 0.29) is 23.8 Å². The molecule has 0 heterocycles. The molecular formula is C17H22N2O2. The van der Waals surface area contributed by atoms with Crippen molar-refractivity contribution < 1.29 is 9.59 Å². The highest BCUT2D eigenvalue weighted by atomic mass is 16.2.